The van der Waals surface area contributed by atoms with E-state index in [0.29, 0.717) is 18.2 Å². The molecule has 0 aromatic carbocycles. The molecule has 0 radical (unpaired) electrons. The van der Waals surface area contributed by atoms with Gasteiger partial charge in [-0.2, -0.15) is 0 Å². The summed E-state index contributed by atoms with van der Waals surface area (Å²) in [5.74, 6) is -1.79. The summed E-state index contributed by atoms with van der Waals surface area (Å²) in [7, 11) is 0. The van der Waals surface area contributed by atoms with Gasteiger partial charge in [0.2, 0.25) is 0 Å². The molecule has 0 aromatic rings. The number of nitrogens with one attached hydrogen (secondary N) is 2. The second kappa shape index (κ2) is 7.01. The van der Waals surface area contributed by atoms with Gasteiger partial charge in [0.1, 0.15) is 0 Å². The van der Waals surface area contributed by atoms with Crippen LogP contribution in [0.2, 0.25) is 0 Å². The predicted molar refractivity (Wildman–Crippen MR) is 93.6 cm³/mol. The largest absolute Gasteiger partial charge is 0.478 e. The van der Waals surface area contributed by atoms with Crippen molar-refractivity contribution in [2.75, 3.05) is 6.54 Å². The highest BCUT2D eigenvalue weighted by Gasteiger charge is 2.37. The number of allylic oxidation sites excluding steroid dienone is 5. The van der Waals surface area contributed by atoms with Crippen LogP contribution in [0.15, 0.2) is 58.5 Å². The smallest absolute Gasteiger partial charge is 0.328 e. The van der Waals surface area contributed by atoms with Crippen molar-refractivity contribution in [3.05, 3.63) is 58.5 Å². The molecule has 6 heteroatoms. The molecule has 2 atom stereocenters. The summed E-state index contributed by atoms with van der Waals surface area (Å²) in [4.78, 5) is 19.1. The van der Waals surface area contributed by atoms with Crippen LogP contribution in [0.1, 0.15) is 26.2 Å². The Balaban J connectivity index is 0.000000197. The lowest BCUT2D eigenvalue weighted by atomic mass is 9.73. The van der Waals surface area contributed by atoms with Crippen LogP contribution in [-0.4, -0.2) is 34.7 Å². The summed E-state index contributed by atoms with van der Waals surface area (Å²) < 4.78 is 0. The highest BCUT2D eigenvalue weighted by Crippen LogP contribution is 2.46. The van der Waals surface area contributed by atoms with Gasteiger partial charge in [0.25, 0.3) is 0 Å². The highest BCUT2D eigenvalue weighted by molar-refractivity contribution is 5.89. The van der Waals surface area contributed by atoms with Crippen molar-refractivity contribution in [2.45, 2.75) is 32.2 Å². The predicted octanol–water partition coefficient (Wildman–Crippen LogP) is 2.10. The Bertz CT molecular complexity index is 739. The third-order valence-corrected chi connectivity index (χ3v) is 4.93. The van der Waals surface area contributed by atoms with Gasteiger partial charge >= 0.3 is 11.9 Å². The molecule has 4 rings (SSSR count). The number of dihydropyridines is 1. The van der Waals surface area contributed by atoms with Gasteiger partial charge in [-0.25, -0.2) is 9.59 Å². The number of hydrogen-bond acceptors (Lipinski definition) is 4. The lowest BCUT2D eigenvalue weighted by Gasteiger charge is -2.34. The molecule has 2 aliphatic heterocycles. The Labute approximate surface area is 146 Å². The fourth-order valence-corrected chi connectivity index (χ4v) is 3.90. The zero-order valence-corrected chi connectivity index (χ0v) is 14.1. The zero-order chi connectivity index (χ0) is 18.0. The fourth-order valence-electron chi connectivity index (χ4n) is 3.90. The van der Waals surface area contributed by atoms with E-state index >= 15 is 0 Å². The SMILES string of the molecule is CC1NC=CC2=C1CC1CNC3=CCCC2=C31.O=C(O)/C=C\C(=O)O. The first kappa shape index (κ1) is 17.1. The second-order valence-electron chi connectivity index (χ2n) is 6.50. The molecular weight excluding hydrogens is 320 g/mol. The van der Waals surface area contributed by atoms with Crippen molar-refractivity contribution in [3.8, 4) is 0 Å². The Hall–Kier alpha value is -2.76. The normalized spacial score (nSPS) is 26.0. The summed E-state index contributed by atoms with van der Waals surface area (Å²) in [6.45, 7) is 3.42. The number of carbonyl (C=O) groups is 2. The number of aliphatic carboxylic acids is 2. The molecule has 0 spiro atoms. The van der Waals surface area contributed by atoms with Gasteiger partial charge in [0.05, 0.1) is 0 Å². The number of hydrogen-bond donors (Lipinski definition) is 4. The minimum atomic E-state index is -1.26. The fraction of sp³-hybridized carbons (Fsp3) is 0.368. The Morgan fingerprint density at radius 2 is 1.96 bits per heavy atom. The van der Waals surface area contributed by atoms with Crippen LogP contribution in [-0.2, 0) is 9.59 Å². The lowest BCUT2D eigenvalue weighted by Crippen LogP contribution is -2.31. The van der Waals surface area contributed by atoms with Gasteiger partial charge in [0, 0.05) is 36.4 Å². The van der Waals surface area contributed by atoms with Crippen LogP contribution in [0.3, 0.4) is 0 Å². The van der Waals surface area contributed by atoms with Gasteiger partial charge in [-0.3, -0.25) is 0 Å². The van der Waals surface area contributed by atoms with E-state index in [9.17, 15) is 9.59 Å². The Morgan fingerprint density at radius 1 is 1.24 bits per heavy atom. The van der Waals surface area contributed by atoms with Crippen molar-refractivity contribution in [1.29, 1.82) is 0 Å². The third kappa shape index (κ3) is 3.52. The molecular formula is C19H22N2O4. The van der Waals surface area contributed by atoms with E-state index in [1.54, 1.807) is 16.7 Å². The van der Waals surface area contributed by atoms with Crippen LogP contribution < -0.4 is 10.6 Å². The van der Waals surface area contributed by atoms with Gasteiger partial charge in [-0.05, 0) is 60.8 Å². The molecule has 0 amide bonds. The maximum absolute atomic E-state index is 9.55. The van der Waals surface area contributed by atoms with Crippen molar-refractivity contribution in [1.82, 2.24) is 10.6 Å². The van der Waals surface area contributed by atoms with Gasteiger partial charge in [0.15, 0.2) is 0 Å². The van der Waals surface area contributed by atoms with Crippen LogP contribution in [0.4, 0.5) is 0 Å². The molecule has 1 fully saturated rings. The number of carboxylic acid groups (broad SMARTS) is 2. The van der Waals surface area contributed by atoms with Crippen molar-refractivity contribution in [2.24, 2.45) is 5.92 Å². The minimum Gasteiger partial charge on any atom is -0.478 e. The lowest BCUT2D eigenvalue weighted by molar-refractivity contribution is -0.134. The standard InChI is InChI=1S/C15H18N2.C4H4O4/c1-9-13-7-10-8-17-14-4-2-3-12(15(10)14)11(13)5-6-16-9;5-3(6)1-2-4(7)8/h4-6,9-10,16-17H,2-3,7-8H2,1H3;1-2H,(H,5,6)(H,7,8)/b;2-1-. The first-order valence-electron chi connectivity index (χ1n) is 8.44. The first-order chi connectivity index (χ1) is 12.0. The maximum atomic E-state index is 9.55. The van der Waals surface area contributed by atoms with Crippen molar-refractivity contribution in [3.63, 3.8) is 0 Å². The van der Waals surface area contributed by atoms with Crippen molar-refractivity contribution >= 4 is 11.9 Å². The summed E-state index contributed by atoms with van der Waals surface area (Å²) >= 11 is 0. The zero-order valence-electron chi connectivity index (χ0n) is 14.1. The average Bonchev–Trinajstić information content (AvgIpc) is 2.99. The van der Waals surface area contributed by atoms with E-state index in [4.69, 9.17) is 10.2 Å². The van der Waals surface area contributed by atoms with E-state index in [1.165, 1.54) is 30.5 Å². The minimum absolute atomic E-state index is 0.513. The van der Waals surface area contributed by atoms with Crippen LogP contribution in [0.5, 0.6) is 0 Å². The molecule has 132 valence electrons. The third-order valence-electron chi connectivity index (χ3n) is 4.93. The molecule has 2 aliphatic carbocycles. The topological polar surface area (TPSA) is 98.7 Å². The molecule has 25 heavy (non-hydrogen) atoms. The molecule has 2 unspecified atom stereocenters. The quantitative estimate of drug-likeness (QED) is 0.574. The molecule has 0 aromatic heterocycles. The molecule has 0 bridgehead atoms. The highest BCUT2D eigenvalue weighted by atomic mass is 16.4. The van der Waals surface area contributed by atoms with Gasteiger partial charge in [-0.15, -0.1) is 0 Å². The molecule has 0 saturated carbocycles. The molecule has 1 saturated heterocycles. The van der Waals surface area contributed by atoms with Gasteiger partial charge in [-0.1, -0.05) is 6.08 Å². The summed E-state index contributed by atoms with van der Waals surface area (Å²) in [5, 5.41) is 22.6. The first-order valence-corrected chi connectivity index (χ1v) is 8.44. The average molecular weight is 342 g/mol. The summed E-state index contributed by atoms with van der Waals surface area (Å²) in [6, 6.07) is 0.513. The number of fused-ring (bicyclic) bond motifs is 1. The van der Waals surface area contributed by atoms with Crippen LogP contribution >= 0.6 is 0 Å². The maximum Gasteiger partial charge on any atom is 0.328 e. The number of carboxylic acids is 2. The Kier molecular flexibility index (Phi) is 4.79. The van der Waals surface area contributed by atoms with E-state index in [2.05, 4.69) is 35.9 Å². The molecule has 4 aliphatic rings. The Morgan fingerprint density at radius 3 is 2.64 bits per heavy atom. The van der Waals surface area contributed by atoms with Gasteiger partial charge < -0.3 is 20.8 Å². The monoisotopic (exact) mass is 342 g/mol. The van der Waals surface area contributed by atoms with Crippen LogP contribution in [0.25, 0.3) is 0 Å². The molecule has 4 N–H and O–H groups in total. The van der Waals surface area contributed by atoms with E-state index in [1.807, 2.05) is 0 Å². The summed E-state index contributed by atoms with van der Waals surface area (Å²) in [6.07, 6.45) is 11.6. The van der Waals surface area contributed by atoms with Crippen LogP contribution in [0, 0.1) is 5.92 Å². The van der Waals surface area contributed by atoms with E-state index in [-0.39, 0.29) is 0 Å². The molecule has 2 heterocycles. The van der Waals surface area contributed by atoms with E-state index in [0.717, 1.165) is 12.5 Å². The van der Waals surface area contributed by atoms with E-state index < -0.39 is 11.9 Å². The molecule has 6 nitrogen and oxygen atoms in total. The number of rotatable bonds is 2. The van der Waals surface area contributed by atoms with Crippen molar-refractivity contribution < 1.29 is 19.8 Å². The summed E-state index contributed by atoms with van der Waals surface area (Å²) in [5.41, 5.74) is 7.86. The second-order valence-corrected chi connectivity index (χ2v) is 6.50.